The summed E-state index contributed by atoms with van der Waals surface area (Å²) in [4.78, 5) is 15.8. The summed E-state index contributed by atoms with van der Waals surface area (Å²) in [5.74, 6) is 0.560. The minimum Gasteiger partial charge on any atom is -0.497 e. The predicted octanol–water partition coefficient (Wildman–Crippen LogP) is 4.79. The van der Waals surface area contributed by atoms with Gasteiger partial charge in [-0.3, -0.25) is 14.3 Å². The van der Waals surface area contributed by atoms with Crippen LogP contribution in [0.25, 0.3) is 10.9 Å². The van der Waals surface area contributed by atoms with Crippen LogP contribution in [0.5, 0.6) is 5.75 Å². The Morgan fingerprint density at radius 3 is 2.66 bits per heavy atom. The van der Waals surface area contributed by atoms with Crippen molar-refractivity contribution in [1.82, 2.24) is 9.47 Å². The molecule has 1 saturated heterocycles. The summed E-state index contributed by atoms with van der Waals surface area (Å²) < 4.78 is 12.6. The van der Waals surface area contributed by atoms with E-state index in [1.165, 1.54) is 0 Å². The molecule has 0 amide bonds. The number of ether oxygens (including phenoxy) is 2. The molecule has 29 heavy (non-hydrogen) atoms. The highest BCUT2D eigenvalue weighted by Crippen LogP contribution is 2.33. The number of carbonyl (C=O) groups is 1. The molecule has 3 aromatic rings. The lowest BCUT2D eigenvalue weighted by Crippen LogP contribution is -2.35. The molecule has 5 nitrogen and oxygen atoms in total. The molecule has 0 bridgehead atoms. The Labute approximate surface area is 179 Å². The van der Waals surface area contributed by atoms with Crippen molar-refractivity contribution in [3.05, 3.63) is 63.3 Å². The Morgan fingerprint density at radius 2 is 1.93 bits per heavy atom. The van der Waals surface area contributed by atoms with Crippen LogP contribution in [0.4, 0.5) is 0 Å². The smallest absolute Gasteiger partial charge is 0.264 e. The van der Waals surface area contributed by atoms with Crippen LogP contribution in [0.15, 0.2) is 36.4 Å². The Balaban J connectivity index is 1.86. The Kier molecular flexibility index (Phi) is 5.83. The second-order valence-corrected chi connectivity index (χ2v) is 7.86. The van der Waals surface area contributed by atoms with Gasteiger partial charge in [-0.1, -0.05) is 29.3 Å². The number of hydrogen-bond acceptors (Lipinski definition) is 4. The monoisotopic (exact) mass is 432 g/mol. The molecule has 7 heteroatoms. The Hall–Kier alpha value is -2.05. The molecule has 1 aromatic heterocycles. The van der Waals surface area contributed by atoms with Crippen LogP contribution >= 0.6 is 23.2 Å². The molecule has 1 fully saturated rings. The van der Waals surface area contributed by atoms with E-state index < -0.39 is 0 Å². The van der Waals surface area contributed by atoms with Crippen molar-refractivity contribution in [2.45, 2.75) is 13.5 Å². The van der Waals surface area contributed by atoms with Crippen molar-refractivity contribution in [2.24, 2.45) is 0 Å². The van der Waals surface area contributed by atoms with Gasteiger partial charge in [-0.25, -0.2) is 0 Å². The summed E-state index contributed by atoms with van der Waals surface area (Å²) >= 11 is 12.5. The van der Waals surface area contributed by atoms with Gasteiger partial charge in [-0.05, 0) is 42.8 Å². The highest BCUT2D eigenvalue weighted by molar-refractivity contribution is 6.44. The number of nitrogens with zero attached hydrogens (tertiary/aromatic N) is 2. The topological polar surface area (TPSA) is 43.7 Å². The third-order valence-electron chi connectivity index (χ3n) is 5.41. The number of carbonyl (C=O) groups excluding carboxylic acids is 1. The van der Waals surface area contributed by atoms with Crippen LogP contribution in [0.1, 0.15) is 21.6 Å². The first-order valence-corrected chi connectivity index (χ1v) is 10.2. The molecule has 0 aliphatic carbocycles. The van der Waals surface area contributed by atoms with Gasteiger partial charge in [-0.15, -0.1) is 0 Å². The first kappa shape index (κ1) is 20.2. The average Bonchev–Trinajstić information content (AvgIpc) is 3.01. The highest BCUT2D eigenvalue weighted by Gasteiger charge is 2.24. The second-order valence-electron chi connectivity index (χ2n) is 7.08. The molecule has 0 saturated carbocycles. The van der Waals surface area contributed by atoms with Crippen LogP contribution in [0, 0.1) is 6.92 Å². The van der Waals surface area contributed by atoms with E-state index in [1.54, 1.807) is 29.9 Å². The predicted molar refractivity (Wildman–Crippen MR) is 116 cm³/mol. The van der Waals surface area contributed by atoms with Gasteiger partial charge in [0.2, 0.25) is 0 Å². The van der Waals surface area contributed by atoms with Gasteiger partial charge in [0, 0.05) is 30.7 Å². The molecule has 0 unspecified atom stereocenters. The summed E-state index contributed by atoms with van der Waals surface area (Å²) in [5, 5.41) is 1.63. The molecule has 2 heterocycles. The molecular weight excluding hydrogens is 411 g/mol. The number of benzene rings is 2. The number of halogens is 2. The molecule has 152 valence electrons. The molecule has 0 N–H and O–H groups in total. The number of rotatable bonds is 4. The molecular formula is C22H22Cl2N2O3. The van der Waals surface area contributed by atoms with Crippen molar-refractivity contribution in [1.29, 1.82) is 0 Å². The van der Waals surface area contributed by atoms with Crippen molar-refractivity contribution in [3.8, 4) is 5.75 Å². The fourth-order valence-corrected chi connectivity index (χ4v) is 4.20. The lowest BCUT2D eigenvalue weighted by molar-refractivity contribution is 0.0342. The Morgan fingerprint density at radius 1 is 1.17 bits per heavy atom. The van der Waals surface area contributed by atoms with Crippen molar-refractivity contribution in [2.75, 3.05) is 33.4 Å². The van der Waals surface area contributed by atoms with E-state index in [1.807, 2.05) is 25.1 Å². The second kappa shape index (κ2) is 8.36. The van der Waals surface area contributed by atoms with E-state index in [2.05, 4.69) is 4.90 Å². The number of fused-ring (bicyclic) bond motifs is 1. The SMILES string of the molecule is COc1ccc2c(c1)c(CN1CCOCC1)c(C)n2C(=O)c1cccc(Cl)c1Cl. The van der Waals surface area contributed by atoms with Gasteiger partial charge >= 0.3 is 0 Å². The molecule has 0 radical (unpaired) electrons. The molecule has 1 aliphatic rings. The standard InChI is InChI=1S/C22H22Cl2N2O3/c1-14-18(13-25-8-10-29-11-9-25)17-12-15(28-2)6-7-20(17)26(14)22(27)16-4-3-5-19(23)21(16)24/h3-7,12H,8-11,13H2,1-2H3. The lowest BCUT2D eigenvalue weighted by Gasteiger charge is -2.26. The lowest BCUT2D eigenvalue weighted by atomic mass is 10.1. The van der Waals surface area contributed by atoms with Crippen LogP contribution < -0.4 is 4.74 Å². The average molecular weight is 433 g/mol. The van der Waals surface area contributed by atoms with E-state index in [-0.39, 0.29) is 10.9 Å². The maximum atomic E-state index is 13.5. The van der Waals surface area contributed by atoms with Crippen molar-refractivity contribution < 1.29 is 14.3 Å². The summed E-state index contributed by atoms with van der Waals surface area (Å²) in [5.41, 5.74) is 3.20. The maximum absolute atomic E-state index is 13.5. The highest BCUT2D eigenvalue weighted by atomic mass is 35.5. The zero-order chi connectivity index (χ0) is 20.5. The zero-order valence-corrected chi connectivity index (χ0v) is 17.9. The van der Waals surface area contributed by atoms with Gasteiger partial charge in [-0.2, -0.15) is 0 Å². The normalized spacial score (nSPS) is 15.0. The summed E-state index contributed by atoms with van der Waals surface area (Å²) in [6.07, 6.45) is 0. The van der Waals surface area contributed by atoms with Crippen LogP contribution in [-0.2, 0) is 11.3 Å². The quantitative estimate of drug-likeness (QED) is 0.594. The largest absolute Gasteiger partial charge is 0.497 e. The molecule has 4 rings (SSSR count). The number of aromatic nitrogens is 1. The van der Waals surface area contributed by atoms with Gasteiger partial charge in [0.25, 0.3) is 5.91 Å². The fourth-order valence-electron chi connectivity index (χ4n) is 3.82. The van der Waals surface area contributed by atoms with E-state index in [4.69, 9.17) is 32.7 Å². The minimum atomic E-state index is -0.196. The van der Waals surface area contributed by atoms with Crippen LogP contribution in [-0.4, -0.2) is 48.8 Å². The number of hydrogen-bond donors (Lipinski definition) is 0. The molecule has 0 atom stereocenters. The van der Waals surface area contributed by atoms with Gasteiger partial charge in [0.1, 0.15) is 5.75 Å². The number of methoxy groups -OCH3 is 1. The summed E-state index contributed by atoms with van der Waals surface area (Å²) in [6, 6.07) is 10.9. The fraction of sp³-hybridized carbons (Fsp3) is 0.318. The third kappa shape index (κ3) is 3.76. The van der Waals surface area contributed by atoms with E-state index in [0.29, 0.717) is 10.6 Å². The first-order valence-electron chi connectivity index (χ1n) is 9.48. The molecule has 1 aliphatic heterocycles. The van der Waals surface area contributed by atoms with Gasteiger partial charge in [0.15, 0.2) is 0 Å². The number of morpholine rings is 1. The van der Waals surface area contributed by atoms with Crippen molar-refractivity contribution >= 4 is 40.0 Å². The van der Waals surface area contributed by atoms with Gasteiger partial charge < -0.3 is 9.47 Å². The molecule has 0 spiro atoms. The summed E-state index contributed by atoms with van der Waals surface area (Å²) in [7, 11) is 1.64. The third-order valence-corrected chi connectivity index (χ3v) is 6.23. The summed E-state index contributed by atoms with van der Waals surface area (Å²) in [6.45, 7) is 5.88. The van der Waals surface area contributed by atoms with Crippen LogP contribution in [0.3, 0.4) is 0 Å². The van der Waals surface area contributed by atoms with E-state index >= 15 is 0 Å². The molecule has 2 aromatic carbocycles. The Bertz CT molecular complexity index is 1070. The maximum Gasteiger partial charge on any atom is 0.264 e. The van der Waals surface area contributed by atoms with E-state index in [0.717, 1.165) is 60.8 Å². The van der Waals surface area contributed by atoms with Crippen LogP contribution in [0.2, 0.25) is 10.0 Å². The van der Waals surface area contributed by atoms with Crippen molar-refractivity contribution in [3.63, 3.8) is 0 Å². The minimum absolute atomic E-state index is 0.196. The van der Waals surface area contributed by atoms with Gasteiger partial charge in [0.05, 0.1) is 41.4 Å². The zero-order valence-electron chi connectivity index (χ0n) is 16.4. The van der Waals surface area contributed by atoms with E-state index in [9.17, 15) is 4.79 Å². The first-order chi connectivity index (χ1) is 14.0.